The van der Waals surface area contributed by atoms with Crippen molar-refractivity contribution in [1.29, 1.82) is 0 Å². The van der Waals surface area contributed by atoms with E-state index >= 15 is 0 Å². The molecule has 1 heterocycles. The molecule has 1 aromatic carbocycles. The SMILES string of the molecule is Cc1ccc(NC(=O)c2ccc(Cl)cc2F)nc1. The average Bonchev–Trinajstić information content (AvgIpc) is 2.32. The number of carbonyl (C=O) groups excluding carboxylic acids is 1. The number of hydrogen-bond donors (Lipinski definition) is 1. The molecule has 0 saturated heterocycles. The van der Waals surface area contributed by atoms with Gasteiger partial charge in [-0.1, -0.05) is 17.7 Å². The van der Waals surface area contributed by atoms with Crippen LogP contribution >= 0.6 is 11.6 Å². The van der Waals surface area contributed by atoms with Crippen molar-refractivity contribution in [3.8, 4) is 0 Å². The maximum Gasteiger partial charge on any atom is 0.259 e. The smallest absolute Gasteiger partial charge is 0.259 e. The van der Waals surface area contributed by atoms with E-state index in [1.54, 1.807) is 18.3 Å². The number of pyridine rings is 1. The first kappa shape index (κ1) is 12.5. The van der Waals surface area contributed by atoms with Gasteiger partial charge in [-0.05, 0) is 36.8 Å². The van der Waals surface area contributed by atoms with Crippen LogP contribution in [-0.4, -0.2) is 10.9 Å². The number of halogens is 2. The Hall–Kier alpha value is -1.94. The molecule has 18 heavy (non-hydrogen) atoms. The zero-order valence-corrected chi connectivity index (χ0v) is 10.3. The van der Waals surface area contributed by atoms with E-state index < -0.39 is 11.7 Å². The van der Waals surface area contributed by atoms with Crippen LogP contribution in [0.25, 0.3) is 0 Å². The number of aromatic nitrogens is 1. The summed E-state index contributed by atoms with van der Waals surface area (Å²) in [4.78, 5) is 15.8. The first-order chi connectivity index (χ1) is 8.56. The van der Waals surface area contributed by atoms with Gasteiger partial charge in [-0.2, -0.15) is 0 Å². The fraction of sp³-hybridized carbons (Fsp3) is 0.0769. The Bertz CT molecular complexity index is 584. The van der Waals surface area contributed by atoms with Gasteiger partial charge in [0.2, 0.25) is 0 Å². The molecule has 3 nitrogen and oxygen atoms in total. The molecule has 5 heteroatoms. The molecule has 92 valence electrons. The van der Waals surface area contributed by atoms with Crippen LogP contribution in [0.1, 0.15) is 15.9 Å². The molecule has 1 amide bonds. The summed E-state index contributed by atoms with van der Waals surface area (Å²) >= 11 is 5.62. The maximum absolute atomic E-state index is 13.5. The molecule has 0 atom stereocenters. The third-order valence-electron chi connectivity index (χ3n) is 2.33. The lowest BCUT2D eigenvalue weighted by Crippen LogP contribution is -2.14. The van der Waals surface area contributed by atoms with E-state index in [4.69, 9.17) is 11.6 Å². The average molecular weight is 265 g/mol. The number of rotatable bonds is 2. The Morgan fingerprint density at radius 2 is 2.11 bits per heavy atom. The largest absolute Gasteiger partial charge is 0.306 e. The molecule has 0 saturated carbocycles. The molecule has 0 spiro atoms. The second kappa shape index (κ2) is 5.14. The highest BCUT2D eigenvalue weighted by atomic mass is 35.5. The predicted molar refractivity (Wildman–Crippen MR) is 68.3 cm³/mol. The Morgan fingerprint density at radius 1 is 1.33 bits per heavy atom. The van der Waals surface area contributed by atoms with Gasteiger partial charge in [0.15, 0.2) is 0 Å². The number of aryl methyl sites for hydroxylation is 1. The van der Waals surface area contributed by atoms with Crippen molar-refractivity contribution in [3.63, 3.8) is 0 Å². The second-order valence-electron chi connectivity index (χ2n) is 3.80. The summed E-state index contributed by atoms with van der Waals surface area (Å²) in [6.07, 6.45) is 1.62. The van der Waals surface area contributed by atoms with E-state index in [9.17, 15) is 9.18 Å². The molecule has 0 bridgehead atoms. The number of carbonyl (C=O) groups is 1. The Balaban J connectivity index is 2.19. The molecule has 0 unspecified atom stereocenters. The van der Waals surface area contributed by atoms with Crippen molar-refractivity contribution in [1.82, 2.24) is 4.98 Å². The molecule has 0 fully saturated rings. The summed E-state index contributed by atoms with van der Waals surface area (Å²) in [7, 11) is 0. The van der Waals surface area contributed by atoms with Crippen LogP contribution in [0.5, 0.6) is 0 Å². The lowest BCUT2D eigenvalue weighted by Gasteiger charge is -2.05. The first-order valence-corrected chi connectivity index (χ1v) is 5.63. The van der Waals surface area contributed by atoms with Crippen LogP contribution in [0, 0.1) is 12.7 Å². The number of nitrogens with zero attached hydrogens (tertiary/aromatic N) is 1. The fourth-order valence-corrected chi connectivity index (χ4v) is 1.56. The van der Waals surface area contributed by atoms with Crippen LogP contribution < -0.4 is 5.32 Å². The number of nitrogens with one attached hydrogen (secondary N) is 1. The minimum atomic E-state index is -0.660. The second-order valence-corrected chi connectivity index (χ2v) is 4.24. The molecule has 1 N–H and O–H groups in total. The van der Waals surface area contributed by atoms with Crippen molar-refractivity contribution in [3.05, 3.63) is 58.5 Å². The summed E-state index contributed by atoms with van der Waals surface area (Å²) in [5.41, 5.74) is 0.910. The molecular formula is C13H10ClFN2O. The minimum Gasteiger partial charge on any atom is -0.306 e. The topological polar surface area (TPSA) is 42.0 Å². The zero-order valence-electron chi connectivity index (χ0n) is 9.58. The Labute approximate surface area is 109 Å². The van der Waals surface area contributed by atoms with Gasteiger partial charge in [0.1, 0.15) is 11.6 Å². The van der Waals surface area contributed by atoms with Gasteiger partial charge < -0.3 is 5.32 Å². The highest BCUT2D eigenvalue weighted by Gasteiger charge is 2.12. The lowest BCUT2D eigenvalue weighted by atomic mass is 10.2. The molecule has 0 aliphatic carbocycles. The summed E-state index contributed by atoms with van der Waals surface area (Å²) < 4.78 is 13.5. The van der Waals surface area contributed by atoms with Gasteiger partial charge >= 0.3 is 0 Å². The molecule has 2 rings (SSSR count). The van der Waals surface area contributed by atoms with Crippen molar-refractivity contribution < 1.29 is 9.18 Å². The van der Waals surface area contributed by atoms with Gasteiger partial charge in [0, 0.05) is 11.2 Å². The molecule has 0 aliphatic heterocycles. The fourth-order valence-electron chi connectivity index (χ4n) is 1.40. The van der Waals surface area contributed by atoms with Crippen molar-refractivity contribution in [2.45, 2.75) is 6.92 Å². The number of benzene rings is 1. The van der Waals surface area contributed by atoms with Gasteiger partial charge in [-0.15, -0.1) is 0 Å². The van der Waals surface area contributed by atoms with Gasteiger partial charge in [-0.3, -0.25) is 4.79 Å². The van der Waals surface area contributed by atoms with Gasteiger partial charge in [0.05, 0.1) is 5.56 Å². The van der Waals surface area contributed by atoms with Crippen LogP contribution in [0.3, 0.4) is 0 Å². The van der Waals surface area contributed by atoms with Gasteiger partial charge in [-0.25, -0.2) is 9.37 Å². The van der Waals surface area contributed by atoms with E-state index in [0.29, 0.717) is 5.82 Å². The summed E-state index contributed by atoms with van der Waals surface area (Å²) in [6, 6.07) is 7.35. The molecule has 0 aliphatic rings. The van der Waals surface area contributed by atoms with E-state index in [0.717, 1.165) is 11.6 Å². The van der Waals surface area contributed by atoms with Crippen LogP contribution in [0.4, 0.5) is 10.2 Å². The molecular weight excluding hydrogens is 255 g/mol. The Morgan fingerprint density at radius 3 is 2.72 bits per heavy atom. The minimum absolute atomic E-state index is 0.0678. The molecule has 2 aromatic rings. The molecule has 1 aromatic heterocycles. The molecule has 0 radical (unpaired) electrons. The third kappa shape index (κ3) is 2.84. The van der Waals surface area contributed by atoms with E-state index in [1.165, 1.54) is 12.1 Å². The number of amides is 1. The van der Waals surface area contributed by atoms with Crippen LogP contribution in [-0.2, 0) is 0 Å². The first-order valence-electron chi connectivity index (χ1n) is 5.25. The number of anilines is 1. The summed E-state index contributed by atoms with van der Waals surface area (Å²) in [6.45, 7) is 1.89. The number of hydrogen-bond acceptors (Lipinski definition) is 2. The van der Waals surface area contributed by atoms with Crippen molar-refractivity contribution >= 4 is 23.3 Å². The van der Waals surface area contributed by atoms with Crippen LogP contribution in [0.2, 0.25) is 5.02 Å². The standard InChI is InChI=1S/C13H10ClFN2O/c1-8-2-5-12(16-7-8)17-13(18)10-4-3-9(14)6-11(10)15/h2-7H,1H3,(H,16,17,18). The van der Waals surface area contributed by atoms with Crippen LogP contribution in [0.15, 0.2) is 36.5 Å². The lowest BCUT2D eigenvalue weighted by molar-refractivity contribution is 0.102. The summed E-state index contributed by atoms with van der Waals surface area (Å²) in [5.74, 6) is -0.840. The van der Waals surface area contributed by atoms with Gasteiger partial charge in [0.25, 0.3) is 5.91 Å². The Kier molecular flexibility index (Phi) is 3.58. The van der Waals surface area contributed by atoms with Crippen molar-refractivity contribution in [2.24, 2.45) is 0 Å². The highest BCUT2D eigenvalue weighted by Crippen LogP contribution is 2.16. The summed E-state index contributed by atoms with van der Waals surface area (Å²) in [5, 5.41) is 2.76. The zero-order chi connectivity index (χ0) is 13.1. The third-order valence-corrected chi connectivity index (χ3v) is 2.56. The van der Waals surface area contributed by atoms with E-state index in [2.05, 4.69) is 10.3 Å². The van der Waals surface area contributed by atoms with E-state index in [-0.39, 0.29) is 10.6 Å². The maximum atomic E-state index is 13.5. The monoisotopic (exact) mass is 264 g/mol. The highest BCUT2D eigenvalue weighted by molar-refractivity contribution is 6.30. The van der Waals surface area contributed by atoms with Crippen molar-refractivity contribution in [2.75, 3.05) is 5.32 Å². The van der Waals surface area contributed by atoms with E-state index in [1.807, 2.05) is 6.92 Å². The normalized spacial score (nSPS) is 10.2. The predicted octanol–water partition coefficient (Wildman–Crippen LogP) is 3.43. The quantitative estimate of drug-likeness (QED) is 0.903.